The van der Waals surface area contributed by atoms with Gasteiger partial charge in [-0.15, -0.1) is 0 Å². The van der Waals surface area contributed by atoms with Crippen LogP contribution in [0.1, 0.15) is 18.6 Å². The van der Waals surface area contributed by atoms with E-state index in [9.17, 15) is 0 Å². The minimum atomic E-state index is 0.0639. The highest BCUT2D eigenvalue weighted by atomic mass is 127. The van der Waals surface area contributed by atoms with E-state index in [-0.39, 0.29) is 6.10 Å². The van der Waals surface area contributed by atoms with Gasteiger partial charge in [0.2, 0.25) is 0 Å². The molecule has 1 fully saturated rings. The molecule has 1 aliphatic heterocycles. The molecule has 1 heterocycles. The largest absolute Gasteiger partial charge is 0.457 e. The van der Waals surface area contributed by atoms with Gasteiger partial charge in [0, 0.05) is 16.7 Å². The van der Waals surface area contributed by atoms with Crippen LogP contribution in [0.2, 0.25) is 0 Å². The summed E-state index contributed by atoms with van der Waals surface area (Å²) in [6.07, 6.45) is 0.0639. The Balaban J connectivity index is 1.67. The number of nitrogens with zero attached hydrogens (tertiary/aromatic N) is 1. The molecule has 0 saturated carbocycles. The summed E-state index contributed by atoms with van der Waals surface area (Å²) in [4.78, 5) is 3.12. The van der Waals surface area contributed by atoms with Crippen LogP contribution < -0.4 is 4.74 Å². The predicted octanol–water partition coefficient (Wildman–Crippen LogP) is 4.80. The van der Waals surface area contributed by atoms with E-state index in [0.29, 0.717) is 6.61 Å². The smallest absolute Gasteiger partial charge is 0.127 e. The molecule has 2 aromatic rings. The third-order valence-electron chi connectivity index (χ3n) is 3.81. The first-order valence-electron chi connectivity index (χ1n) is 7.52. The number of hydrogen-bond donors (Lipinski definition) is 0. The third kappa shape index (κ3) is 4.43. The molecule has 0 aliphatic carbocycles. The fraction of sp³-hybridized carbons (Fsp3) is 0.278. The zero-order valence-electron chi connectivity index (χ0n) is 12.9. The molecular formula is C18H18INO2S. The van der Waals surface area contributed by atoms with Gasteiger partial charge in [-0.1, -0.05) is 24.4 Å². The molecule has 1 unspecified atom stereocenters. The second kappa shape index (κ2) is 7.59. The van der Waals surface area contributed by atoms with Gasteiger partial charge in [0.25, 0.3) is 0 Å². The fourth-order valence-electron chi connectivity index (χ4n) is 2.53. The number of benzene rings is 2. The Labute approximate surface area is 155 Å². The second-order valence-electron chi connectivity index (χ2n) is 5.45. The molecule has 5 heteroatoms. The molecule has 120 valence electrons. The molecule has 1 aliphatic rings. The lowest BCUT2D eigenvalue weighted by molar-refractivity contribution is -0.00629. The normalized spacial score (nSPS) is 17.8. The first-order chi connectivity index (χ1) is 11.1. The maximum Gasteiger partial charge on any atom is 0.127 e. The van der Waals surface area contributed by atoms with Gasteiger partial charge < -0.3 is 14.4 Å². The number of halogens is 1. The Morgan fingerprint density at radius 2 is 1.74 bits per heavy atom. The van der Waals surface area contributed by atoms with Gasteiger partial charge in [-0.25, -0.2) is 0 Å². The average Bonchev–Trinajstić information content (AvgIpc) is 2.58. The van der Waals surface area contributed by atoms with Crippen LogP contribution in [0.15, 0.2) is 48.5 Å². The van der Waals surface area contributed by atoms with E-state index in [1.54, 1.807) is 0 Å². The topological polar surface area (TPSA) is 21.7 Å². The molecule has 1 atom stereocenters. The highest BCUT2D eigenvalue weighted by molar-refractivity contribution is 14.1. The van der Waals surface area contributed by atoms with Gasteiger partial charge >= 0.3 is 0 Å². The first-order valence-corrected chi connectivity index (χ1v) is 9.01. The molecule has 3 rings (SSSR count). The molecule has 0 radical (unpaired) electrons. The fourth-order valence-corrected chi connectivity index (χ4v) is 3.05. The molecule has 2 aromatic carbocycles. The number of hydrogen-bond acceptors (Lipinski definition) is 3. The second-order valence-corrected chi connectivity index (χ2v) is 7.29. The van der Waals surface area contributed by atoms with Gasteiger partial charge in [0.1, 0.15) is 17.6 Å². The van der Waals surface area contributed by atoms with Crippen molar-refractivity contribution < 1.29 is 9.47 Å². The van der Waals surface area contributed by atoms with Crippen molar-refractivity contribution in [2.75, 3.05) is 19.7 Å². The van der Waals surface area contributed by atoms with E-state index in [4.69, 9.17) is 21.7 Å². The average molecular weight is 439 g/mol. The predicted molar refractivity (Wildman–Crippen MR) is 104 cm³/mol. The van der Waals surface area contributed by atoms with Crippen molar-refractivity contribution in [1.29, 1.82) is 0 Å². The molecule has 0 aromatic heterocycles. The zero-order chi connectivity index (χ0) is 16.2. The van der Waals surface area contributed by atoms with Crippen LogP contribution in [0.3, 0.4) is 0 Å². The lowest BCUT2D eigenvalue weighted by atomic mass is 10.1. The van der Waals surface area contributed by atoms with Gasteiger partial charge in [-0.3, -0.25) is 0 Å². The first kappa shape index (κ1) is 16.7. The summed E-state index contributed by atoms with van der Waals surface area (Å²) in [5, 5.41) is 0. The number of thiocarbonyl (C=S) groups is 1. The summed E-state index contributed by atoms with van der Waals surface area (Å²) in [6, 6.07) is 16.1. The highest BCUT2D eigenvalue weighted by Crippen LogP contribution is 2.27. The van der Waals surface area contributed by atoms with Gasteiger partial charge in [-0.2, -0.15) is 0 Å². The Morgan fingerprint density at radius 1 is 1.13 bits per heavy atom. The highest BCUT2D eigenvalue weighted by Gasteiger charge is 2.22. The molecule has 0 bridgehead atoms. The van der Waals surface area contributed by atoms with Crippen LogP contribution >= 0.6 is 34.8 Å². The third-order valence-corrected chi connectivity index (χ3v) is 4.79. The summed E-state index contributed by atoms with van der Waals surface area (Å²) >= 11 is 7.55. The van der Waals surface area contributed by atoms with Crippen molar-refractivity contribution in [2.24, 2.45) is 0 Å². The lowest BCUT2D eigenvalue weighted by Gasteiger charge is -2.34. The SMILES string of the molecule is CC(=S)N1CCOC(c2ccc(Oc3ccc(I)cc3)cc2)C1. The summed E-state index contributed by atoms with van der Waals surface area (Å²) in [5.74, 6) is 1.67. The van der Waals surface area contributed by atoms with Gasteiger partial charge in [0.15, 0.2) is 0 Å². The molecule has 23 heavy (non-hydrogen) atoms. The Bertz CT molecular complexity index is 672. The summed E-state index contributed by atoms with van der Waals surface area (Å²) in [5.41, 5.74) is 1.15. The summed E-state index contributed by atoms with van der Waals surface area (Å²) in [7, 11) is 0. The molecule has 1 saturated heterocycles. The molecule has 3 nitrogen and oxygen atoms in total. The molecular weight excluding hydrogens is 421 g/mol. The maximum atomic E-state index is 5.87. The van der Waals surface area contributed by atoms with Crippen LogP contribution in [0, 0.1) is 3.57 Å². The van der Waals surface area contributed by atoms with Crippen molar-refractivity contribution in [3.63, 3.8) is 0 Å². The Morgan fingerprint density at radius 3 is 2.35 bits per heavy atom. The summed E-state index contributed by atoms with van der Waals surface area (Å²) < 4.78 is 12.9. The summed E-state index contributed by atoms with van der Waals surface area (Å²) in [6.45, 7) is 4.36. The van der Waals surface area contributed by atoms with Crippen molar-refractivity contribution in [3.8, 4) is 11.5 Å². The lowest BCUT2D eigenvalue weighted by Crippen LogP contribution is -2.40. The number of ether oxygens (including phenoxy) is 2. The minimum absolute atomic E-state index is 0.0639. The van der Waals surface area contributed by atoms with Crippen LogP contribution in [0.5, 0.6) is 11.5 Å². The van der Waals surface area contributed by atoms with Crippen LogP contribution in [-0.4, -0.2) is 29.6 Å². The van der Waals surface area contributed by atoms with Crippen molar-refractivity contribution in [1.82, 2.24) is 4.90 Å². The van der Waals surface area contributed by atoms with E-state index >= 15 is 0 Å². The van der Waals surface area contributed by atoms with Crippen molar-refractivity contribution in [2.45, 2.75) is 13.0 Å². The number of rotatable bonds is 3. The Kier molecular flexibility index (Phi) is 5.50. The number of morpholine rings is 1. The standard InChI is InChI=1S/C18H18INO2S/c1-13(23)20-10-11-21-18(12-20)14-2-6-16(7-3-14)22-17-8-4-15(19)5-9-17/h2-9,18H,10-12H2,1H3. The van der Waals surface area contributed by atoms with Crippen molar-refractivity contribution in [3.05, 3.63) is 57.7 Å². The molecule has 0 amide bonds. The van der Waals surface area contributed by atoms with E-state index in [1.807, 2.05) is 43.3 Å². The quantitative estimate of drug-likeness (QED) is 0.506. The minimum Gasteiger partial charge on any atom is -0.457 e. The Hall–Kier alpha value is -1.18. The van der Waals surface area contributed by atoms with E-state index in [1.165, 1.54) is 3.57 Å². The molecule has 0 N–H and O–H groups in total. The van der Waals surface area contributed by atoms with Gasteiger partial charge in [0.05, 0.1) is 11.6 Å². The van der Waals surface area contributed by atoms with E-state index < -0.39 is 0 Å². The van der Waals surface area contributed by atoms with Crippen molar-refractivity contribution >= 4 is 39.8 Å². The van der Waals surface area contributed by atoms with E-state index in [2.05, 4.69) is 39.6 Å². The van der Waals surface area contributed by atoms with Crippen LogP contribution in [0.4, 0.5) is 0 Å². The van der Waals surface area contributed by atoms with Gasteiger partial charge in [-0.05, 0) is 71.5 Å². The molecule has 0 spiro atoms. The maximum absolute atomic E-state index is 5.87. The van der Waals surface area contributed by atoms with Crippen LogP contribution in [0.25, 0.3) is 0 Å². The zero-order valence-corrected chi connectivity index (χ0v) is 15.8. The monoisotopic (exact) mass is 439 g/mol. The van der Waals surface area contributed by atoms with Crippen LogP contribution in [-0.2, 0) is 4.74 Å². The van der Waals surface area contributed by atoms with E-state index in [0.717, 1.165) is 35.1 Å².